The van der Waals surface area contributed by atoms with Crippen LogP contribution in [0.3, 0.4) is 0 Å². The highest BCUT2D eigenvalue weighted by molar-refractivity contribution is 5.85. The van der Waals surface area contributed by atoms with Crippen molar-refractivity contribution >= 4 is 16.9 Å². The molecule has 3 N–H and O–H groups in total. The summed E-state index contributed by atoms with van der Waals surface area (Å²) in [6, 6.07) is 1.71. The Morgan fingerprint density at radius 1 is 1.35 bits per heavy atom. The van der Waals surface area contributed by atoms with Gasteiger partial charge in [-0.1, -0.05) is 13.3 Å². The maximum atomic E-state index is 12.3. The van der Waals surface area contributed by atoms with Crippen LogP contribution in [-0.2, 0) is 6.54 Å². The first kappa shape index (κ1) is 16.6. The second-order valence-corrected chi connectivity index (χ2v) is 6.92. The van der Waals surface area contributed by atoms with E-state index in [0.717, 1.165) is 24.8 Å². The summed E-state index contributed by atoms with van der Waals surface area (Å²) < 4.78 is 7.91. The number of anilines is 1. The number of fused-ring (bicyclic) bond motifs is 1. The molecule has 4 rings (SSSR count). The molecule has 0 bridgehead atoms. The third kappa shape index (κ3) is 3.14. The molecule has 0 amide bonds. The van der Waals surface area contributed by atoms with Gasteiger partial charge in [-0.05, 0) is 25.2 Å². The van der Waals surface area contributed by atoms with E-state index in [-0.39, 0.29) is 23.4 Å². The van der Waals surface area contributed by atoms with E-state index in [0.29, 0.717) is 23.5 Å². The largest absolute Gasteiger partial charge is 0.460 e. The number of rotatable bonds is 4. The first-order valence-corrected chi connectivity index (χ1v) is 8.93. The van der Waals surface area contributed by atoms with Crippen molar-refractivity contribution in [2.24, 2.45) is 5.92 Å². The minimum absolute atomic E-state index is 0.0818. The number of nitrogens with zero attached hydrogens (tertiary/aromatic N) is 4. The topological polar surface area (TPSA) is 112 Å². The predicted octanol–water partition coefficient (Wildman–Crippen LogP) is 2.10. The number of nitrogens with two attached hydrogens (primary N) is 1. The zero-order chi connectivity index (χ0) is 18.1. The van der Waals surface area contributed by atoms with Crippen molar-refractivity contribution in [1.82, 2.24) is 24.7 Å². The maximum Gasteiger partial charge on any atom is 0.320 e. The summed E-state index contributed by atoms with van der Waals surface area (Å²) in [5, 5.41) is 7.06. The van der Waals surface area contributed by atoms with Crippen LogP contribution >= 0.6 is 0 Å². The summed E-state index contributed by atoms with van der Waals surface area (Å²) in [5.74, 6) is 0.605. The second kappa shape index (κ2) is 6.78. The van der Waals surface area contributed by atoms with Crippen molar-refractivity contribution in [2.75, 3.05) is 5.73 Å². The average molecular weight is 354 g/mol. The molecule has 8 heteroatoms. The lowest BCUT2D eigenvalue weighted by molar-refractivity contribution is 0.0928. The van der Waals surface area contributed by atoms with Crippen LogP contribution in [0.25, 0.3) is 11.0 Å². The fourth-order valence-electron chi connectivity index (χ4n) is 3.53. The normalized spacial score (nSPS) is 20.3. The van der Waals surface area contributed by atoms with Crippen LogP contribution < -0.4 is 15.9 Å². The molecule has 0 spiro atoms. The lowest BCUT2D eigenvalue weighted by atomic mass is 9.88. The average Bonchev–Trinajstić information content (AvgIpc) is 3.12. The zero-order valence-corrected chi connectivity index (χ0v) is 14.7. The third-order valence-electron chi connectivity index (χ3n) is 5.02. The van der Waals surface area contributed by atoms with Crippen molar-refractivity contribution in [3.05, 3.63) is 40.4 Å². The van der Waals surface area contributed by atoms with Crippen LogP contribution in [0.4, 0.5) is 5.82 Å². The van der Waals surface area contributed by atoms with Crippen molar-refractivity contribution in [1.29, 1.82) is 0 Å². The van der Waals surface area contributed by atoms with E-state index < -0.39 is 0 Å². The van der Waals surface area contributed by atoms with E-state index in [9.17, 15) is 4.79 Å². The highest BCUT2D eigenvalue weighted by atomic mass is 16.5. The molecular weight excluding hydrogens is 332 g/mol. The summed E-state index contributed by atoms with van der Waals surface area (Å²) in [6.45, 7) is 2.70. The number of pyridine rings is 1. The number of ether oxygens (including phenoxy) is 1. The van der Waals surface area contributed by atoms with E-state index in [1.54, 1.807) is 18.6 Å². The Labute approximate surface area is 150 Å². The molecule has 1 aliphatic rings. The predicted molar refractivity (Wildman–Crippen MR) is 97.9 cm³/mol. The van der Waals surface area contributed by atoms with E-state index in [1.165, 1.54) is 12.5 Å². The van der Waals surface area contributed by atoms with Gasteiger partial charge in [0.25, 0.3) is 0 Å². The monoisotopic (exact) mass is 354 g/mol. The summed E-state index contributed by atoms with van der Waals surface area (Å²) in [6.07, 6.45) is 9.81. The molecule has 0 radical (unpaired) electrons. The fraction of sp³-hybridized carbons (Fsp3) is 0.444. The quantitative estimate of drug-likeness (QED) is 0.742. The standard InChI is InChI=1S/C18H22N6O2/c1-11-4-2-3-5-14(11)26-18-22-16(19)15-13(25)6-7-24(17(15)23-18)10-12-8-20-21-9-12/h6-9,11,14H,2-5,10H2,1H3,(H,20,21)(H2,19,22,23)/t11-,14+/m0/s1. The van der Waals surface area contributed by atoms with Crippen LogP contribution in [0.15, 0.2) is 29.5 Å². The van der Waals surface area contributed by atoms with Gasteiger partial charge in [-0.15, -0.1) is 0 Å². The van der Waals surface area contributed by atoms with Gasteiger partial charge in [0, 0.05) is 24.0 Å². The molecule has 3 heterocycles. The number of hydrogen-bond acceptors (Lipinski definition) is 6. The molecule has 0 aliphatic heterocycles. The van der Waals surface area contributed by atoms with Crippen LogP contribution in [0.2, 0.25) is 0 Å². The minimum Gasteiger partial charge on any atom is -0.460 e. The van der Waals surface area contributed by atoms with Crippen molar-refractivity contribution < 1.29 is 4.74 Å². The van der Waals surface area contributed by atoms with E-state index in [2.05, 4.69) is 27.1 Å². The number of nitrogens with one attached hydrogen (secondary N) is 1. The highest BCUT2D eigenvalue weighted by Gasteiger charge is 2.24. The Bertz CT molecular complexity index is 966. The summed E-state index contributed by atoms with van der Waals surface area (Å²) in [5.41, 5.74) is 7.33. The van der Waals surface area contributed by atoms with Crippen LogP contribution in [-0.4, -0.2) is 30.8 Å². The van der Waals surface area contributed by atoms with Crippen LogP contribution in [0, 0.1) is 5.92 Å². The van der Waals surface area contributed by atoms with Gasteiger partial charge in [-0.3, -0.25) is 9.89 Å². The molecule has 0 unspecified atom stereocenters. The van der Waals surface area contributed by atoms with Gasteiger partial charge >= 0.3 is 6.01 Å². The number of H-pyrrole nitrogens is 1. The lowest BCUT2D eigenvalue weighted by Gasteiger charge is -2.28. The number of aromatic amines is 1. The Morgan fingerprint density at radius 2 is 2.19 bits per heavy atom. The number of hydrogen-bond donors (Lipinski definition) is 2. The van der Waals surface area contributed by atoms with Gasteiger partial charge in [0.2, 0.25) is 0 Å². The maximum absolute atomic E-state index is 12.3. The fourth-order valence-corrected chi connectivity index (χ4v) is 3.53. The molecule has 1 fully saturated rings. The Kier molecular flexibility index (Phi) is 4.32. The summed E-state index contributed by atoms with van der Waals surface area (Å²) in [7, 11) is 0. The number of nitrogen functional groups attached to an aromatic ring is 1. The molecule has 1 saturated carbocycles. The van der Waals surface area contributed by atoms with Crippen LogP contribution in [0.5, 0.6) is 6.01 Å². The lowest BCUT2D eigenvalue weighted by Crippen LogP contribution is -2.29. The van der Waals surface area contributed by atoms with Crippen molar-refractivity contribution in [2.45, 2.75) is 45.3 Å². The molecule has 136 valence electrons. The number of aromatic nitrogens is 5. The second-order valence-electron chi connectivity index (χ2n) is 6.92. The molecule has 2 atom stereocenters. The molecule has 3 aromatic heterocycles. The Morgan fingerprint density at radius 3 is 2.96 bits per heavy atom. The molecule has 26 heavy (non-hydrogen) atoms. The summed E-state index contributed by atoms with van der Waals surface area (Å²) >= 11 is 0. The van der Waals surface area contributed by atoms with E-state index >= 15 is 0 Å². The molecule has 3 aromatic rings. The Balaban J connectivity index is 1.75. The zero-order valence-electron chi connectivity index (χ0n) is 14.7. The SMILES string of the molecule is C[C@H]1CCCC[C@H]1Oc1nc(N)c2c(=O)ccn(Cc3cn[nH]c3)c2n1. The van der Waals surface area contributed by atoms with Gasteiger partial charge in [0.15, 0.2) is 11.1 Å². The van der Waals surface area contributed by atoms with Crippen molar-refractivity contribution in [3.63, 3.8) is 0 Å². The van der Waals surface area contributed by atoms with Gasteiger partial charge in [0.1, 0.15) is 17.3 Å². The Hall–Kier alpha value is -2.90. The first-order valence-electron chi connectivity index (χ1n) is 8.93. The van der Waals surface area contributed by atoms with Gasteiger partial charge < -0.3 is 15.0 Å². The smallest absolute Gasteiger partial charge is 0.320 e. The van der Waals surface area contributed by atoms with Crippen molar-refractivity contribution in [3.8, 4) is 6.01 Å². The van der Waals surface area contributed by atoms with E-state index in [1.807, 2.05) is 4.57 Å². The minimum atomic E-state index is -0.196. The molecule has 0 aromatic carbocycles. The van der Waals surface area contributed by atoms with Gasteiger partial charge in [0.05, 0.1) is 12.7 Å². The molecule has 8 nitrogen and oxygen atoms in total. The summed E-state index contributed by atoms with van der Waals surface area (Å²) in [4.78, 5) is 21.0. The molecule has 1 aliphatic carbocycles. The van der Waals surface area contributed by atoms with Gasteiger partial charge in [-0.25, -0.2) is 0 Å². The van der Waals surface area contributed by atoms with E-state index in [4.69, 9.17) is 10.5 Å². The molecule has 0 saturated heterocycles. The highest BCUT2D eigenvalue weighted by Crippen LogP contribution is 2.28. The third-order valence-corrected chi connectivity index (χ3v) is 5.02. The first-order chi connectivity index (χ1) is 12.6. The van der Waals surface area contributed by atoms with Gasteiger partial charge in [-0.2, -0.15) is 15.1 Å². The molecular formula is C18H22N6O2. The van der Waals surface area contributed by atoms with Crippen LogP contribution in [0.1, 0.15) is 38.2 Å².